The molecule has 132 valence electrons. The Kier molecular flexibility index (Phi) is 4.57. The van der Waals surface area contributed by atoms with Crippen LogP contribution in [0, 0.1) is 5.92 Å². The van der Waals surface area contributed by atoms with Crippen molar-refractivity contribution < 1.29 is 24.3 Å². The molecule has 0 aromatic heterocycles. The smallest absolute Gasteiger partial charge is 0.308 e. The quantitative estimate of drug-likeness (QED) is 0.754. The molecule has 1 aliphatic carbocycles. The van der Waals surface area contributed by atoms with Crippen molar-refractivity contribution in [3.63, 3.8) is 0 Å². The van der Waals surface area contributed by atoms with E-state index in [0.29, 0.717) is 11.1 Å². The highest BCUT2D eigenvalue weighted by atomic mass is 16.4. The lowest BCUT2D eigenvalue weighted by molar-refractivity contribution is -0.143. The summed E-state index contributed by atoms with van der Waals surface area (Å²) in [4.78, 5) is 50.8. The maximum Gasteiger partial charge on any atom is 0.308 e. The zero-order chi connectivity index (χ0) is 18.1. The van der Waals surface area contributed by atoms with Crippen LogP contribution >= 0.6 is 0 Å². The number of amides is 3. The number of imide groups is 1. The van der Waals surface area contributed by atoms with Crippen LogP contribution in [-0.2, 0) is 9.59 Å². The zero-order valence-electron chi connectivity index (χ0n) is 14.0. The lowest BCUT2D eigenvalue weighted by Crippen LogP contribution is -2.41. The van der Waals surface area contributed by atoms with Gasteiger partial charge in [0.05, 0.1) is 17.0 Å². The molecule has 2 aliphatic rings. The summed E-state index contributed by atoms with van der Waals surface area (Å²) in [5.74, 6) is -2.58. The van der Waals surface area contributed by atoms with Gasteiger partial charge in [-0.3, -0.25) is 24.1 Å². The molecular formula is C18H20N2O5. The van der Waals surface area contributed by atoms with Gasteiger partial charge < -0.3 is 10.0 Å². The van der Waals surface area contributed by atoms with Crippen LogP contribution in [0.15, 0.2) is 24.3 Å². The average molecular weight is 344 g/mol. The molecule has 1 heterocycles. The molecule has 1 atom stereocenters. The van der Waals surface area contributed by atoms with Crippen molar-refractivity contribution in [3.05, 3.63) is 35.4 Å². The first kappa shape index (κ1) is 17.1. The Balaban J connectivity index is 1.63. The van der Waals surface area contributed by atoms with Crippen LogP contribution in [0.25, 0.3) is 0 Å². The fraction of sp³-hybridized carbons (Fsp3) is 0.444. The first-order valence-corrected chi connectivity index (χ1v) is 8.37. The number of carbonyl (C=O) groups is 4. The number of carbonyl (C=O) groups excluding carboxylic acids is 3. The molecule has 1 unspecified atom stereocenters. The highest BCUT2D eigenvalue weighted by Gasteiger charge is 2.37. The molecular weight excluding hydrogens is 324 g/mol. The predicted molar refractivity (Wildman–Crippen MR) is 88.0 cm³/mol. The number of nitrogens with zero attached hydrogens (tertiary/aromatic N) is 2. The topological polar surface area (TPSA) is 95.0 Å². The Bertz CT molecular complexity index is 706. The number of hydrogen-bond acceptors (Lipinski definition) is 4. The second-order valence-corrected chi connectivity index (χ2v) is 6.57. The van der Waals surface area contributed by atoms with Gasteiger partial charge in [-0.1, -0.05) is 19.1 Å². The van der Waals surface area contributed by atoms with Crippen molar-refractivity contribution in [2.45, 2.75) is 32.2 Å². The standard InChI is InChI=1S/C18H20N2O5/c1-11(18(24)25)10-20(12-6-7-12)15(21)8-9-19-16(22)13-4-2-3-5-14(13)17(19)23/h2-5,11-12H,6-10H2,1H3,(H,24,25). The van der Waals surface area contributed by atoms with E-state index in [1.807, 2.05) is 0 Å². The Hall–Kier alpha value is -2.70. The van der Waals surface area contributed by atoms with Crippen molar-refractivity contribution >= 4 is 23.7 Å². The maximum atomic E-state index is 12.5. The normalized spacial score (nSPS) is 17.4. The van der Waals surface area contributed by atoms with Gasteiger partial charge in [0, 0.05) is 25.6 Å². The van der Waals surface area contributed by atoms with Crippen LogP contribution in [-0.4, -0.2) is 57.7 Å². The summed E-state index contributed by atoms with van der Waals surface area (Å²) in [5.41, 5.74) is 0.719. The molecule has 25 heavy (non-hydrogen) atoms. The first-order chi connectivity index (χ1) is 11.9. The third-order valence-electron chi connectivity index (χ3n) is 4.63. The average Bonchev–Trinajstić information content (AvgIpc) is 3.40. The summed E-state index contributed by atoms with van der Waals surface area (Å²) >= 11 is 0. The molecule has 0 spiro atoms. The first-order valence-electron chi connectivity index (χ1n) is 8.37. The molecule has 1 fully saturated rings. The Morgan fingerprint density at radius 1 is 1.20 bits per heavy atom. The minimum absolute atomic E-state index is 0.00824. The Labute approximate surface area is 145 Å². The van der Waals surface area contributed by atoms with E-state index in [1.54, 1.807) is 36.1 Å². The fourth-order valence-corrected chi connectivity index (χ4v) is 3.01. The van der Waals surface area contributed by atoms with Gasteiger partial charge >= 0.3 is 5.97 Å². The summed E-state index contributed by atoms with van der Waals surface area (Å²) in [6.07, 6.45) is 1.74. The van der Waals surface area contributed by atoms with Gasteiger partial charge in [-0.15, -0.1) is 0 Å². The summed E-state index contributed by atoms with van der Waals surface area (Å²) in [6.45, 7) is 1.73. The predicted octanol–water partition coefficient (Wildman–Crippen LogP) is 1.38. The molecule has 3 rings (SSSR count). The number of carboxylic acid groups (broad SMARTS) is 1. The summed E-state index contributed by atoms with van der Waals surface area (Å²) in [6, 6.07) is 6.67. The van der Waals surface area contributed by atoms with Crippen LogP contribution in [0.5, 0.6) is 0 Å². The van der Waals surface area contributed by atoms with E-state index >= 15 is 0 Å². The van der Waals surface area contributed by atoms with Crippen LogP contribution in [0.2, 0.25) is 0 Å². The van der Waals surface area contributed by atoms with Crippen LogP contribution in [0.4, 0.5) is 0 Å². The molecule has 1 aromatic carbocycles. The highest BCUT2D eigenvalue weighted by molar-refractivity contribution is 6.21. The SMILES string of the molecule is CC(CN(C(=O)CCN1C(=O)c2ccccc2C1=O)C1CC1)C(=O)O. The minimum Gasteiger partial charge on any atom is -0.481 e. The maximum absolute atomic E-state index is 12.5. The molecule has 7 heteroatoms. The van der Waals surface area contributed by atoms with Gasteiger partial charge in [0.25, 0.3) is 11.8 Å². The van der Waals surface area contributed by atoms with Crippen molar-refractivity contribution in [3.8, 4) is 0 Å². The molecule has 1 N–H and O–H groups in total. The van der Waals surface area contributed by atoms with Crippen LogP contribution in [0.1, 0.15) is 46.9 Å². The van der Waals surface area contributed by atoms with Gasteiger partial charge in [-0.05, 0) is 25.0 Å². The molecule has 0 radical (unpaired) electrons. The highest BCUT2D eigenvalue weighted by Crippen LogP contribution is 2.29. The minimum atomic E-state index is -0.946. The lowest BCUT2D eigenvalue weighted by atomic mass is 10.1. The van der Waals surface area contributed by atoms with Gasteiger partial charge in [0.2, 0.25) is 5.91 Å². The molecule has 3 amide bonds. The van der Waals surface area contributed by atoms with E-state index in [1.165, 1.54) is 0 Å². The van der Waals surface area contributed by atoms with E-state index in [4.69, 9.17) is 5.11 Å². The lowest BCUT2D eigenvalue weighted by Gasteiger charge is -2.25. The van der Waals surface area contributed by atoms with E-state index in [0.717, 1.165) is 17.7 Å². The second kappa shape index (κ2) is 6.66. The number of benzene rings is 1. The van der Waals surface area contributed by atoms with E-state index in [2.05, 4.69) is 0 Å². The van der Waals surface area contributed by atoms with Crippen molar-refractivity contribution in [1.29, 1.82) is 0 Å². The van der Waals surface area contributed by atoms with Crippen molar-refractivity contribution in [2.75, 3.05) is 13.1 Å². The number of aliphatic carboxylic acids is 1. The van der Waals surface area contributed by atoms with Crippen molar-refractivity contribution in [1.82, 2.24) is 9.80 Å². The van der Waals surface area contributed by atoms with E-state index in [-0.39, 0.29) is 43.3 Å². The second-order valence-electron chi connectivity index (χ2n) is 6.57. The molecule has 1 saturated carbocycles. The van der Waals surface area contributed by atoms with Gasteiger partial charge in [-0.2, -0.15) is 0 Å². The van der Waals surface area contributed by atoms with Gasteiger partial charge in [0.15, 0.2) is 0 Å². The van der Waals surface area contributed by atoms with Crippen molar-refractivity contribution in [2.24, 2.45) is 5.92 Å². The van der Waals surface area contributed by atoms with Gasteiger partial charge in [0.1, 0.15) is 0 Å². The zero-order valence-corrected chi connectivity index (χ0v) is 14.0. The molecule has 1 aromatic rings. The van der Waals surface area contributed by atoms with Crippen LogP contribution < -0.4 is 0 Å². The number of carboxylic acids is 1. The third kappa shape index (κ3) is 3.40. The number of fused-ring (bicyclic) bond motifs is 1. The Morgan fingerprint density at radius 3 is 2.24 bits per heavy atom. The monoisotopic (exact) mass is 344 g/mol. The van der Waals surface area contributed by atoms with E-state index < -0.39 is 11.9 Å². The van der Waals surface area contributed by atoms with Gasteiger partial charge in [-0.25, -0.2) is 0 Å². The summed E-state index contributed by atoms with van der Waals surface area (Å²) in [7, 11) is 0. The van der Waals surface area contributed by atoms with E-state index in [9.17, 15) is 19.2 Å². The largest absolute Gasteiger partial charge is 0.481 e. The molecule has 1 aliphatic heterocycles. The molecule has 0 saturated heterocycles. The third-order valence-corrected chi connectivity index (χ3v) is 4.63. The molecule has 7 nitrogen and oxygen atoms in total. The molecule has 0 bridgehead atoms. The summed E-state index contributed by atoms with van der Waals surface area (Å²) < 4.78 is 0. The fourth-order valence-electron chi connectivity index (χ4n) is 3.01. The number of hydrogen-bond donors (Lipinski definition) is 1. The summed E-state index contributed by atoms with van der Waals surface area (Å²) in [5, 5.41) is 9.05. The van der Waals surface area contributed by atoms with Crippen LogP contribution in [0.3, 0.4) is 0 Å². The number of rotatable bonds is 7. The Morgan fingerprint density at radius 2 is 1.76 bits per heavy atom.